The molecular weight excluding hydrogens is 256 g/mol. The maximum absolute atomic E-state index is 8.35. The van der Waals surface area contributed by atoms with E-state index in [4.69, 9.17) is 24.0 Å². The number of rotatable bonds is 5. The van der Waals surface area contributed by atoms with E-state index in [1.54, 1.807) is 0 Å². The van der Waals surface area contributed by atoms with Crippen LogP contribution in [0.2, 0.25) is 18.1 Å². The zero-order valence-corrected chi connectivity index (χ0v) is 14.7. The molecule has 0 saturated carbocycles. The average molecular weight is 277 g/mol. The molecule has 0 aliphatic rings. The molecule has 0 saturated heterocycles. The Bertz CT molecular complexity index is 115. The lowest BCUT2D eigenvalue weighted by atomic mass is 10.9. The molecule has 0 aromatic rings. The van der Waals surface area contributed by atoms with Crippen molar-refractivity contribution in [3.63, 3.8) is 0 Å². The maximum Gasteiger partial charge on any atom is 0.495 e. The molecule has 0 fully saturated rings. The van der Waals surface area contributed by atoms with Gasteiger partial charge in [-0.3, -0.25) is 0 Å². The Hall–Kier alpha value is 0.628. The second-order valence-corrected chi connectivity index (χ2v) is 7.76. The van der Waals surface area contributed by atoms with Gasteiger partial charge in [0, 0.05) is 33.1 Å². The quantitative estimate of drug-likeness (QED) is 0.322. The molecule has 88 valence electrons. The fraction of sp³-hybridized carbons (Fsp3) is 1.00. The Morgan fingerprint density at radius 2 is 1.50 bits per heavy atom. The summed E-state index contributed by atoms with van der Waals surface area (Å²) in [5, 5.41) is 0. The lowest BCUT2D eigenvalue weighted by Gasteiger charge is -2.08. The van der Waals surface area contributed by atoms with E-state index in [-0.39, 0.29) is 12.7 Å². The van der Waals surface area contributed by atoms with Gasteiger partial charge in [-0.2, -0.15) is 0 Å². The fourth-order valence-electron chi connectivity index (χ4n) is 0.301. The average Bonchev–Trinajstić information content (AvgIpc) is 2.02. The predicted molar refractivity (Wildman–Crippen MR) is 64.2 cm³/mol. The molecule has 0 aromatic heterocycles. The van der Waals surface area contributed by atoms with Crippen LogP contribution < -0.4 is 0 Å². The molecule has 0 amide bonds. The Morgan fingerprint density at radius 3 is 1.71 bits per heavy atom. The number of hydrogen-bond donors (Lipinski definition) is 5. The summed E-state index contributed by atoms with van der Waals surface area (Å²) in [6, 6.07) is 2.70. The third-order valence-electron chi connectivity index (χ3n) is 1.20. The molecule has 0 heterocycles. The Kier molecular flexibility index (Phi) is 12.4. The van der Waals surface area contributed by atoms with Gasteiger partial charge in [-0.1, -0.05) is 12.1 Å². The highest BCUT2D eigenvalue weighted by Crippen LogP contribution is 1.95. The molecule has 14 heavy (non-hydrogen) atoms. The van der Waals surface area contributed by atoms with Crippen LogP contribution in [0.4, 0.5) is 0 Å². The van der Waals surface area contributed by atoms with Crippen LogP contribution in [0.1, 0.15) is 0 Å². The van der Waals surface area contributed by atoms with Crippen molar-refractivity contribution in [2.75, 3.05) is 6.61 Å². The van der Waals surface area contributed by atoms with E-state index in [0.717, 1.165) is 0 Å². The molecule has 0 radical (unpaired) electrons. The molecule has 0 aliphatic heterocycles. The molecular formula is C4H20O6Si4. The largest absolute Gasteiger partial charge is 0.495 e. The standard InChI is InChI=1S/C2H10O6Si2.C2H10Si2/c3-9(4)8-1-2-10(5,6)7;3-1-2-4/h3-7,9H,1-2H2;1-2H2,3-4H3. The highest BCUT2D eigenvalue weighted by atomic mass is 28.4. The summed E-state index contributed by atoms with van der Waals surface area (Å²) in [6.07, 6.45) is 0. The summed E-state index contributed by atoms with van der Waals surface area (Å²) in [4.78, 5) is 41.4. The molecule has 10 heteroatoms. The van der Waals surface area contributed by atoms with E-state index in [9.17, 15) is 0 Å². The van der Waals surface area contributed by atoms with Crippen LogP contribution in [0.25, 0.3) is 0 Å². The monoisotopic (exact) mass is 276 g/mol. The van der Waals surface area contributed by atoms with Gasteiger partial charge in [-0.25, -0.2) is 0 Å². The van der Waals surface area contributed by atoms with Gasteiger partial charge in [0.05, 0.1) is 0 Å². The third kappa shape index (κ3) is 22.9. The van der Waals surface area contributed by atoms with Crippen molar-refractivity contribution in [2.45, 2.75) is 18.1 Å². The van der Waals surface area contributed by atoms with Gasteiger partial charge in [-0.05, 0) is 0 Å². The van der Waals surface area contributed by atoms with E-state index in [1.807, 2.05) is 0 Å². The van der Waals surface area contributed by atoms with Crippen LogP contribution in [0, 0.1) is 0 Å². The second kappa shape index (κ2) is 10.2. The van der Waals surface area contributed by atoms with Gasteiger partial charge in [0.15, 0.2) is 0 Å². The lowest BCUT2D eigenvalue weighted by molar-refractivity contribution is 0.173. The molecule has 0 atom stereocenters. The van der Waals surface area contributed by atoms with Gasteiger partial charge in [0.1, 0.15) is 0 Å². The van der Waals surface area contributed by atoms with Crippen LogP contribution in [-0.2, 0) is 4.43 Å². The summed E-state index contributed by atoms with van der Waals surface area (Å²) >= 11 is 0. The zero-order valence-electron chi connectivity index (χ0n) is 8.55. The summed E-state index contributed by atoms with van der Waals surface area (Å²) in [5.74, 6) is 0. The van der Waals surface area contributed by atoms with Crippen LogP contribution in [0.3, 0.4) is 0 Å². The molecule has 0 aromatic carbocycles. The first-order valence-electron chi connectivity index (χ1n) is 4.48. The SMILES string of the molecule is O[SiH](O)OCC[Si](O)(O)O.[SiH3]CC[SiH3]. The normalized spacial score (nSPS) is 11.6. The molecule has 0 bridgehead atoms. The molecule has 6 nitrogen and oxygen atoms in total. The maximum atomic E-state index is 8.35. The molecule has 0 aliphatic carbocycles. The Labute approximate surface area is 92.4 Å². The highest BCUT2D eigenvalue weighted by molar-refractivity contribution is 6.56. The van der Waals surface area contributed by atoms with Gasteiger partial charge < -0.3 is 28.4 Å². The van der Waals surface area contributed by atoms with E-state index < -0.39 is 18.3 Å². The van der Waals surface area contributed by atoms with E-state index >= 15 is 0 Å². The van der Waals surface area contributed by atoms with Crippen LogP contribution in [0.5, 0.6) is 0 Å². The lowest BCUT2D eigenvalue weighted by Crippen LogP contribution is -2.36. The van der Waals surface area contributed by atoms with Crippen LogP contribution >= 0.6 is 0 Å². The van der Waals surface area contributed by atoms with Gasteiger partial charge in [-0.15, -0.1) is 0 Å². The fourth-order valence-corrected chi connectivity index (χ4v) is 1.26. The van der Waals surface area contributed by atoms with Gasteiger partial charge >= 0.3 is 18.3 Å². The third-order valence-corrected chi connectivity index (χ3v) is 6.61. The topological polar surface area (TPSA) is 110 Å². The summed E-state index contributed by atoms with van der Waals surface area (Å²) in [7, 11) is -4.27. The van der Waals surface area contributed by atoms with E-state index in [1.165, 1.54) is 32.6 Å². The minimum Gasteiger partial charge on any atom is -0.392 e. The van der Waals surface area contributed by atoms with Gasteiger partial charge in [0.25, 0.3) is 0 Å². The second-order valence-electron chi connectivity index (χ2n) is 2.72. The van der Waals surface area contributed by atoms with Crippen LogP contribution in [0.15, 0.2) is 0 Å². The Morgan fingerprint density at radius 1 is 1.07 bits per heavy atom. The molecule has 5 N–H and O–H groups in total. The van der Waals surface area contributed by atoms with E-state index in [2.05, 4.69) is 4.43 Å². The van der Waals surface area contributed by atoms with Crippen molar-refractivity contribution >= 4 is 38.8 Å². The van der Waals surface area contributed by atoms with Crippen molar-refractivity contribution in [1.82, 2.24) is 0 Å². The zero-order chi connectivity index (χ0) is 11.6. The van der Waals surface area contributed by atoms with Crippen molar-refractivity contribution in [3.8, 4) is 0 Å². The summed E-state index contributed by atoms with van der Waals surface area (Å²) < 4.78 is 4.22. The van der Waals surface area contributed by atoms with E-state index in [0.29, 0.717) is 0 Å². The smallest absolute Gasteiger partial charge is 0.392 e. The number of hydrogen-bond acceptors (Lipinski definition) is 6. The minimum atomic E-state index is -4.05. The predicted octanol–water partition coefficient (Wildman–Crippen LogP) is -4.83. The van der Waals surface area contributed by atoms with Gasteiger partial charge in [0.2, 0.25) is 0 Å². The summed E-state index contributed by atoms with van der Waals surface area (Å²) in [6.45, 7) is -0.236. The molecule has 0 unspecified atom stereocenters. The highest BCUT2D eigenvalue weighted by Gasteiger charge is 2.26. The minimum absolute atomic E-state index is 0.236. The van der Waals surface area contributed by atoms with Crippen molar-refractivity contribution in [2.24, 2.45) is 0 Å². The van der Waals surface area contributed by atoms with Crippen molar-refractivity contribution in [3.05, 3.63) is 0 Å². The van der Waals surface area contributed by atoms with Crippen LogP contribution in [-0.4, -0.2) is 69.4 Å². The van der Waals surface area contributed by atoms with Crippen molar-refractivity contribution < 1.29 is 28.4 Å². The first-order valence-corrected chi connectivity index (χ1v) is 10.9. The molecule has 0 spiro atoms. The first-order chi connectivity index (χ1) is 6.33. The Balaban J connectivity index is 0. The summed E-state index contributed by atoms with van der Waals surface area (Å²) in [5.41, 5.74) is 0. The molecule has 0 rings (SSSR count). The van der Waals surface area contributed by atoms with Crippen molar-refractivity contribution in [1.29, 1.82) is 0 Å². The first kappa shape index (κ1) is 17.0.